The maximum Gasteiger partial charge on any atom is 0.331 e. The smallest absolute Gasteiger partial charge is 0.331 e. The zero-order chi connectivity index (χ0) is 13.8. The van der Waals surface area contributed by atoms with Crippen LogP contribution in [0.4, 0.5) is 14.5 Å². The van der Waals surface area contributed by atoms with Gasteiger partial charge in [0.05, 0.1) is 7.11 Å². The summed E-state index contributed by atoms with van der Waals surface area (Å²) in [4.78, 5) is 10.9. The summed E-state index contributed by atoms with van der Waals surface area (Å²) >= 11 is 0. The van der Waals surface area contributed by atoms with Crippen LogP contribution in [0.3, 0.4) is 0 Å². The van der Waals surface area contributed by atoms with Crippen LogP contribution < -0.4 is 10.1 Å². The normalized spacial score (nSPS) is 19.4. The van der Waals surface area contributed by atoms with E-state index in [9.17, 15) is 13.6 Å². The molecule has 1 N–H and O–H groups in total. The summed E-state index contributed by atoms with van der Waals surface area (Å²) in [6.07, 6.45) is -1.15. The number of benzene rings is 1. The maximum absolute atomic E-state index is 13.0. The van der Waals surface area contributed by atoms with Crippen LogP contribution in [0.2, 0.25) is 0 Å². The van der Waals surface area contributed by atoms with Gasteiger partial charge in [0.2, 0.25) is 0 Å². The Morgan fingerprint density at radius 1 is 1.32 bits per heavy atom. The van der Waals surface area contributed by atoms with E-state index in [1.165, 1.54) is 13.2 Å². The average molecular weight is 269 g/mol. The van der Waals surface area contributed by atoms with Gasteiger partial charge in [-0.1, -0.05) is 0 Å². The largest absolute Gasteiger partial charge is 0.497 e. The van der Waals surface area contributed by atoms with Crippen molar-refractivity contribution < 1.29 is 23.0 Å². The number of carbonyl (C=O) groups excluding carboxylic acids is 1. The Balaban J connectivity index is 2.07. The fourth-order valence-corrected chi connectivity index (χ4v) is 1.75. The molecule has 2 atom stereocenters. The molecule has 1 heterocycles. The van der Waals surface area contributed by atoms with Crippen molar-refractivity contribution in [3.63, 3.8) is 0 Å². The molecule has 6 heteroatoms. The molecule has 1 aromatic carbocycles. The molecule has 4 nitrogen and oxygen atoms in total. The average Bonchev–Trinajstić information content (AvgIpc) is 2.82. The van der Waals surface area contributed by atoms with E-state index in [2.05, 4.69) is 5.32 Å². The van der Waals surface area contributed by atoms with Crippen LogP contribution in [0, 0.1) is 0 Å². The van der Waals surface area contributed by atoms with Gasteiger partial charge in [0, 0.05) is 11.8 Å². The summed E-state index contributed by atoms with van der Waals surface area (Å²) in [7, 11) is 1.52. The highest BCUT2D eigenvalue weighted by Gasteiger charge is 2.33. The number of alkyl halides is 2. The van der Waals surface area contributed by atoms with Crippen molar-refractivity contribution >= 4 is 11.7 Å². The number of nitrogens with one attached hydrogen (secondary N) is 1. The van der Waals surface area contributed by atoms with Gasteiger partial charge in [-0.3, -0.25) is 0 Å². The predicted molar refractivity (Wildman–Crippen MR) is 65.4 cm³/mol. The number of ether oxygens (including phenoxy) is 2. The monoisotopic (exact) mass is 269 g/mol. The van der Waals surface area contributed by atoms with E-state index >= 15 is 0 Å². The molecular formula is C13H13F2NO3. The van der Waals surface area contributed by atoms with Crippen LogP contribution in [0.5, 0.6) is 5.75 Å². The molecule has 0 spiro atoms. The van der Waals surface area contributed by atoms with E-state index in [1.54, 1.807) is 24.3 Å². The molecule has 0 saturated carbocycles. The lowest BCUT2D eigenvalue weighted by molar-refractivity contribution is -0.140. The molecule has 102 valence electrons. The van der Waals surface area contributed by atoms with Gasteiger partial charge in [-0.05, 0) is 30.3 Å². The SMILES string of the molecule is COc1ccc(N[C@H](C(F)F)[C@@H]2C=CC(=O)O2)cc1. The number of carbonyl (C=O) groups is 1. The van der Waals surface area contributed by atoms with Crippen LogP contribution in [-0.4, -0.2) is 31.7 Å². The van der Waals surface area contributed by atoms with E-state index in [0.29, 0.717) is 11.4 Å². The Hall–Kier alpha value is -2.11. The Kier molecular flexibility index (Phi) is 3.99. The molecular weight excluding hydrogens is 256 g/mol. The molecule has 0 amide bonds. The van der Waals surface area contributed by atoms with Gasteiger partial charge < -0.3 is 14.8 Å². The van der Waals surface area contributed by atoms with E-state index in [1.807, 2.05) is 0 Å². The van der Waals surface area contributed by atoms with Crippen molar-refractivity contribution in [3.8, 4) is 5.75 Å². The van der Waals surface area contributed by atoms with E-state index in [0.717, 1.165) is 6.08 Å². The number of hydrogen-bond acceptors (Lipinski definition) is 4. The minimum absolute atomic E-state index is 0.502. The van der Waals surface area contributed by atoms with Crippen LogP contribution in [-0.2, 0) is 9.53 Å². The molecule has 1 aliphatic rings. The lowest BCUT2D eigenvalue weighted by Gasteiger charge is -2.23. The first-order chi connectivity index (χ1) is 9.10. The molecule has 1 aliphatic heterocycles. The Morgan fingerprint density at radius 2 is 2.00 bits per heavy atom. The third-order valence-electron chi connectivity index (χ3n) is 2.72. The molecule has 0 saturated heterocycles. The van der Waals surface area contributed by atoms with Gasteiger partial charge in [-0.2, -0.15) is 0 Å². The highest BCUT2D eigenvalue weighted by molar-refractivity contribution is 5.84. The van der Waals surface area contributed by atoms with E-state index < -0.39 is 24.5 Å². The van der Waals surface area contributed by atoms with Gasteiger partial charge in [0.25, 0.3) is 6.43 Å². The van der Waals surface area contributed by atoms with Crippen molar-refractivity contribution in [3.05, 3.63) is 36.4 Å². The van der Waals surface area contributed by atoms with Crippen molar-refractivity contribution in [2.75, 3.05) is 12.4 Å². The maximum atomic E-state index is 13.0. The summed E-state index contributed by atoms with van der Waals surface area (Å²) in [5, 5.41) is 2.66. The minimum atomic E-state index is -2.66. The third kappa shape index (κ3) is 3.21. The highest BCUT2D eigenvalue weighted by Crippen LogP contribution is 2.22. The number of cyclic esters (lactones) is 1. The van der Waals surface area contributed by atoms with Gasteiger partial charge in [0.1, 0.15) is 17.9 Å². The zero-order valence-electron chi connectivity index (χ0n) is 10.2. The molecule has 0 radical (unpaired) electrons. The van der Waals surface area contributed by atoms with Crippen LogP contribution in [0.25, 0.3) is 0 Å². The Bertz CT molecular complexity index is 473. The molecule has 1 aromatic rings. The molecule has 0 unspecified atom stereocenters. The van der Waals surface area contributed by atoms with Gasteiger partial charge in [-0.15, -0.1) is 0 Å². The van der Waals surface area contributed by atoms with Crippen molar-refractivity contribution in [1.82, 2.24) is 0 Å². The molecule has 0 fully saturated rings. The fourth-order valence-electron chi connectivity index (χ4n) is 1.75. The third-order valence-corrected chi connectivity index (χ3v) is 2.72. The number of rotatable bonds is 5. The molecule has 0 bridgehead atoms. The predicted octanol–water partition coefficient (Wildman–Crippen LogP) is 2.22. The van der Waals surface area contributed by atoms with Gasteiger partial charge >= 0.3 is 5.97 Å². The van der Waals surface area contributed by atoms with Crippen molar-refractivity contribution in [2.45, 2.75) is 18.6 Å². The quantitative estimate of drug-likeness (QED) is 0.833. The highest BCUT2D eigenvalue weighted by atomic mass is 19.3. The second kappa shape index (κ2) is 5.69. The second-order valence-corrected chi connectivity index (χ2v) is 3.99. The Morgan fingerprint density at radius 3 is 2.47 bits per heavy atom. The topological polar surface area (TPSA) is 47.6 Å². The summed E-state index contributed by atoms with van der Waals surface area (Å²) in [6, 6.07) is 5.27. The van der Waals surface area contributed by atoms with Gasteiger partial charge in [0.15, 0.2) is 0 Å². The minimum Gasteiger partial charge on any atom is -0.497 e. The fraction of sp³-hybridized carbons (Fsp3) is 0.308. The molecule has 19 heavy (non-hydrogen) atoms. The van der Waals surface area contributed by atoms with E-state index in [4.69, 9.17) is 9.47 Å². The Labute approximate surface area is 109 Å². The first-order valence-corrected chi connectivity index (χ1v) is 5.67. The van der Waals surface area contributed by atoms with Crippen LogP contribution in [0.15, 0.2) is 36.4 Å². The molecule has 0 aromatic heterocycles. The van der Waals surface area contributed by atoms with E-state index in [-0.39, 0.29) is 0 Å². The first-order valence-electron chi connectivity index (χ1n) is 5.67. The number of halogens is 2. The number of hydrogen-bond donors (Lipinski definition) is 1. The van der Waals surface area contributed by atoms with Crippen LogP contribution in [0.1, 0.15) is 0 Å². The summed E-state index contributed by atoms with van der Waals surface area (Å²) in [6.45, 7) is 0. The number of methoxy groups -OCH3 is 1. The zero-order valence-corrected chi connectivity index (χ0v) is 10.2. The van der Waals surface area contributed by atoms with Crippen molar-refractivity contribution in [1.29, 1.82) is 0 Å². The lowest BCUT2D eigenvalue weighted by Crippen LogP contribution is -2.39. The first kappa shape index (κ1) is 13.3. The number of esters is 1. The van der Waals surface area contributed by atoms with Crippen LogP contribution >= 0.6 is 0 Å². The lowest BCUT2D eigenvalue weighted by atomic mass is 10.1. The summed E-state index contributed by atoms with van der Waals surface area (Å²) < 4.78 is 35.8. The molecule has 0 aliphatic carbocycles. The second-order valence-electron chi connectivity index (χ2n) is 3.99. The van der Waals surface area contributed by atoms with Crippen molar-refractivity contribution in [2.24, 2.45) is 0 Å². The summed E-state index contributed by atoms with van der Waals surface area (Å²) in [5.74, 6) is 0.0264. The van der Waals surface area contributed by atoms with Gasteiger partial charge in [-0.25, -0.2) is 13.6 Å². The number of anilines is 1. The summed E-state index contributed by atoms with van der Waals surface area (Å²) in [5.41, 5.74) is 0.502. The molecule has 2 rings (SSSR count). The standard InChI is InChI=1S/C13H13F2NO3/c1-18-9-4-2-8(3-5-9)16-12(13(14)15)10-6-7-11(17)19-10/h2-7,10,12-13,16H,1H3/t10-,12-/m0/s1.